The second-order valence-electron chi connectivity index (χ2n) is 7.05. The smallest absolute Gasteiger partial charge is 0.253 e. The van der Waals surface area contributed by atoms with Gasteiger partial charge in [0.1, 0.15) is 0 Å². The first-order chi connectivity index (χ1) is 13.8. The van der Waals surface area contributed by atoms with Crippen molar-refractivity contribution >= 4 is 11.7 Å². The molecule has 1 aliphatic rings. The number of pyridine rings is 1. The zero-order chi connectivity index (χ0) is 18.9. The Morgan fingerprint density at radius 3 is 2.68 bits per heavy atom. The van der Waals surface area contributed by atoms with Crippen molar-refractivity contribution in [1.29, 1.82) is 0 Å². The fourth-order valence-electron chi connectivity index (χ4n) is 3.76. The number of hydrogen-bond acceptors (Lipinski definition) is 4. The van der Waals surface area contributed by atoms with Crippen molar-refractivity contribution < 1.29 is 4.79 Å². The topological polar surface area (TPSA) is 63.4 Å². The summed E-state index contributed by atoms with van der Waals surface area (Å²) in [6, 6.07) is 13.7. The Labute approximate surface area is 162 Å². The normalized spacial score (nSPS) is 16.6. The molecule has 0 bridgehead atoms. The summed E-state index contributed by atoms with van der Waals surface area (Å²) in [7, 11) is 0. The first kappa shape index (κ1) is 16.6. The van der Waals surface area contributed by atoms with E-state index < -0.39 is 0 Å². The van der Waals surface area contributed by atoms with Crippen LogP contribution in [0.5, 0.6) is 0 Å². The lowest BCUT2D eigenvalue weighted by Gasteiger charge is -2.17. The summed E-state index contributed by atoms with van der Waals surface area (Å²) in [6.45, 7) is 1.49. The van der Waals surface area contributed by atoms with Gasteiger partial charge in [0.25, 0.3) is 5.91 Å². The number of imidazole rings is 1. The van der Waals surface area contributed by atoms with Crippen molar-refractivity contribution in [1.82, 2.24) is 24.3 Å². The molecule has 0 N–H and O–H groups in total. The van der Waals surface area contributed by atoms with Gasteiger partial charge in [-0.25, -0.2) is 9.97 Å². The third-order valence-electron chi connectivity index (χ3n) is 5.29. The molecule has 1 aliphatic heterocycles. The van der Waals surface area contributed by atoms with Gasteiger partial charge >= 0.3 is 0 Å². The van der Waals surface area contributed by atoms with E-state index in [2.05, 4.69) is 15.0 Å². The number of carbonyl (C=O) groups is 1. The van der Waals surface area contributed by atoms with Crippen LogP contribution in [-0.4, -0.2) is 43.2 Å². The van der Waals surface area contributed by atoms with Gasteiger partial charge in [0.2, 0.25) is 5.78 Å². The standard InChI is InChI=1S/C22H19N5O/c28-21(26-11-8-18(14-26)20-3-1-2-9-23-20)17-6-4-16(5-7-17)19-13-25-22-24-10-12-27(22)15-19/h1-7,9-10,12-13,15,18H,8,11,14H2. The predicted octanol–water partition coefficient (Wildman–Crippen LogP) is 3.42. The van der Waals surface area contributed by atoms with Crippen LogP contribution >= 0.6 is 0 Å². The van der Waals surface area contributed by atoms with Crippen molar-refractivity contribution in [2.24, 2.45) is 0 Å². The molecular weight excluding hydrogens is 350 g/mol. The maximum Gasteiger partial charge on any atom is 0.253 e. The van der Waals surface area contributed by atoms with E-state index in [4.69, 9.17) is 0 Å². The molecule has 1 unspecified atom stereocenters. The molecule has 0 aliphatic carbocycles. The fraction of sp³-hybridized carbons (Fsp3) is 0.182. The van der Waals surface area contributed by atoms with Crippen LogP contribution in [-0.2, 0) is 0 Å². The minimum Gasteiger partial charge on any atom is -0.338 e. The highest BCUT2D eigenvalue weighted by Crippen LogP contribution is 2.27. The molecule has 0 saturated carbocycles. The van der Waals surface area contributed by atoms with Crippen LogP contribution in [0.1, 0.15) is 28.4 Å². The molecule has 0 spiro atoms. The van der Waals surface area contributed by atoms with Gasteiger partial charge in [-0.2, -0.15) is 0 Å². The molecule has 1 amide bonds. The summed E-state index contributed by atoms with van der Waals surface area (Å²) in [5.41, 5.74) is 3.78. The first-order valence-corrected chi connectivity index (χ1v) is 9.37. The molecule has 28 heavy (non-hydrogen) atoms. The summed E-state index contributed by atoms with van der Waals surface area (Å²) >= 11 is 0. The predicted molar refractivity (Wildman–Crippen MR) is 106 cm³/mol. The third-order valence-corrected chi connectivity index (χ3v) is 5.29. The zero-order valence-corrected chi connectivity index (χ0v) is 15.3. The molecule has 4 aromatic rings. The number of nitrogens with zero attached hydrogens (tertiary/aromatic N) is 5. The molecular formula is C22H19N5O. The van der Waals surface area contributed by atoms with Crippen LogP contribution in [0.3, 0.4) is 0 Å². The van der Waals surface area contributed by atoms with E-state index in [1.807, 2.05) is 70.4 Å². The number of fused-ring (bicyclic) bond motifs is 1. The second-order valence-corrected chi connectivity index (χ2v) is 7.05. The van der Waals surface area contributed by atoms with E-state index in [1.165, 1.54) is 0 Å². The van der Waals surface area contributed by atoms with E-state index >= 15 is 0 Å². The first-order valence-electron chi connectivity index (χ1n) is 9.37. The third kappa shape index (κ3) is 3.03. The van der Waals surface area contributed by atoms with E-state index in [0.717, 1.165) is 36.3 Å². The van der Waals surface area contributed by atoms with Gasteiger partial charge < -0.3 is 4.90 Å². The summed E-state index contributed by atoms with van der Waals surface area (Å²) in [5, 5.41) is 0. The Bertz CT molecular complexity index is 1120. The Kier molecular flexibility index (Phi) is 4.09. The number of hydrogen-bond donors (Lipinski definition) is 0. The molecule has 5 rings (SSSR count). The van der Waals surface area contributed by atoms with E-state index in [9.17, 15) is 4.79 Å². The largest absolute Gasteiger partial charge is 0.338 e. The number of aromatic nitrogens is 4. The Hall–Kier alpha value is -3.54. The molecule has 0 radical (unpaired) electrons. The number of benzene rings is 1. The fourth-order valence-corrected chi connectivity index (χ4v) is 3.76. The molecule has 1 saturated heterocycles. The highest BCUT2D eigenvalue weighted by molar-refractivity contribution is 5.95. The minimum atomic E-state index is 0.0770. The van der Waals surface area contributed by atoms with Crippen molar-refractivity contribution in [3.8, 4) is 11.1 Å². The second kappa shape index (κ2) is 6.88. The number of rotatable bonds is 3. The maximum atomic E-state index is 12.9. The maximum absolute atomic E-state index is 12.9. The highest BCUT2D eigenvalue weighted by atomic mass is 16.2. The lowest BCUT2D eigenvalue weighted by molar-refractivity contribution is 0.0790. The SMILES string of the molecule is O=C(c1ccc(-c2cnc3nccn3c2)cc1)N1CCC(c2ccccn2)C1. The van der Waals surface area contributed by atoms with Gasteiger partial charge in [0, 0.05) is 66.8 Å². The van der Waals surface area contributed by atoms with Crippen molar-refractivity contribution in [2.45, 2.75) is 12.3 Å². The molecule has 1 fully saturated rings. The molecule has 6 heteroatoms. The zero-order valence-electron chi connectivity index (χ0n) is 15.3. The number of amides is 1. The number of likely N-dealkylation sites (tertiary alicyclic amines) is 1. The van der Waals surface area contributed by atoms with E-state index in [0.29, 0.717) is 17.3 Å². The molecule has 6 nitrogen and oxygen atoms in total. The summed E-state index contributed by atoms with van der Waals surface area (Å²) in [4.78, 5) is 27.8. The molecule has 1 atom stereocenters. The van der Waals surface area contributed by atoms with Gasteiger partial charge in [-0.15, -0.1) is 0 Å². The average Bonchev–Trinajstić information content (AvgIpc) is 3.43. The Balaban J connectivity index is 1.32. The van der Waals surface area contributed by atoms with E-state index in [1.54, 1.807) is 12.4 Å². The summed E-state index contributed by atoms with van der Waals surface area (Å²) < 4.78 is 1.89. The average molecular weight is 369 g/mol. The summed E-state index contributed by atoms with van der Waals surface area (Å²) in [6.07, 6.45) is 10.2. The minimum absolute atomic E-state index is 0.0770. The molecule has 3 aromatic heterocycles. The highest BCUT2D eigenvalue weighted by Gasteiger charge is 2.28. The lowest BCUT2D eigenvalue weighted by atomic mass is 10.0. The van der Waals surface area contributed by atoms with Crippen LogP contribution in [0.15, 0.2) is 73.4 Å². The van der Waals surface area contributed by atoms with Crippen molar-refractivity contribution in [3.05, 3.63) is 84.7 Å². The van der Waals surface area contributed by atoms with Gasteiger partial charge in [-0.05, 0) is 36.2 Å². The molecule has 1 aromatic carbocycles. The van der Waals surface area contributed by atoms with Gasteiger partial charge in [-0.3, -0.25) is 14.2 Å². The van der Waals surface area contributed by atoms with Crippen LogP contribution in [0.25, 0.3) is 16.9 Å². The van der Waals surface area contributed by atoms with Crippen LogP contribution in [0, 0.1) is 0 Å². The monoisotopic (exact) mass is 369 g/mol. The molecule has 138 valence electrons. The van der Waals surface area contributed by atoms with Crippen LogP contribution in [0.2, 0.25) is 0 Å². The quantitative estimate of drug-likeness (QED) is 0.555. The molecule has 4 heterocycles. The Morgan fingerprint density at radius 2 is 1.86 bits per heavy atom. The summed E-state index contributed by atoms with van der Waals surface area (Å²) in [5.74, 6) is 1.07. The lowest BCUT2D eigenvalue weighted by Crippen LogP contribution is -2.28. The van der Waals surface area contributed by atoms with Crippen molar-refractivity contribution in [2.75, 3.05) is 13.1 Å². The Morgan fingerprint density at radius 1 is 0.964 bits per heavy atom. The van der Waals surface area contributed by atoms with Crippen LogP contribution < -0.4 is 0 Å². The van der Waals surface area contributed by atoms with Crippen molar-refractivity contribution in [3.63, 3.8) is 0 Å². The number of carbonyl (C=O) groups excluding carboxylic acids is 1. The van der Waals surface area contributed by atoms with Crippen LogP contribution in [0.4, 0.5) is 0 Å². The van der Waals surface area contributed by atoms with E-state index in [-0.39, 0.29) is 5.91 Å². The van der Waals surface area contributed by atoms with Gasteiger partial charge in [0.05, 0.1) is 0 Å². The van der Waals surface area contributed by atoms with Gasteiger partial charge in [0.15, 0.2) is 0 Å². The van der Waals surface area contributed by atoms with Gasteiger partial charge in [-0.1, -0.05) is 18.2 Å².